The van der Waals surface area contributed by atoms with Crippen LogP contribution in [-0.2, 0) is 6.54 Å². The molecule has 124 valence electrons. The Morgan fingerprint density at radius 3 is 2.64 bits per heavy atom. The molecule has 0 unspecified atom stereocenters. The van der Waals surface area contributed by atoms with Crippen LogP contribution in [0.5, 0.6) is 0 Å². The lowest BCUT2D eigenvalue weighted by atomic mass is 10.1. The van der Waals surface area contributed by atoms with Gasteiger partial charge in [0.05, 0.1) is 6.20 Å². The Labute approximate surface area is 144 Å². The van der Waals surface area contributed by atoms with Crippen LogP contribution in [-0.4, -0.2) is 21.4 Å². The van der Waals surface area contributed by atoms with Gasteiger partial charge in [0.15, 0.2) is 0 Å². The van der Waals surface area contributed by atoms with E-state index in [0.717, 1.165) is 10.9 Å². The van der Waals surface area contributed by atoms with E-state index < -0.39 is 0 Å². The molecule has 0 spiro atoms. The molecule has 6 heteroatoms. The zero-order chi connectivity index (χ0) is 17.4. The molecule has 25 heavy (non-hydrogen) atoms. The van der Waals surface area contributed by atoms with Gasteiger partial charge < -0.3 is 15.0 Å². The summed E-state index contributed by atoms with van der Waals surface area (Å²) in [5.74, 6) is 0.350. The summed E-state index contributed by atoms with van der Waals surface area (Å²) in [4.78, 5) is 17.4. The van der Waals surface area contributed by atoms with E-state index in [4.69, 9.17) is 0 Å². The van der Waals surface area contributed by atoms with Crippen molar-refractivity contribution in [3.8, 4) is 0 Å². The number of fused-ring (bicyclic) bond motifs is 2. The maximum absolute atomic E-state index is 11.5. The van der Waals surface area contributed by atoms with Crippen molar-refractivity contribution >= 4 is 28.1 Å². The molecule has 0 aliphatic carbocycles. The molecule has 0 radical (unpaired) electrons. The van der Waals surface area contributed by atoms with Crippen LogP contribution in [0.2, 0.25) is 0 Å². The first-order valence-corrected chi connectivity index (χ1v) is 7.94. The number of aromatic nitrogens is 2. The molecule has 0 saturated heterocycles. The predicted octanol–water partition coefficient (Wildman–Crippen LogP) is 4.03. The Kier molecular flexibility index (Phi) is 3.57. The fraction of sp³-hybridized carbons (Fsp3) is 0.105. The van der Waals surface area contributed by atoms with Crippen LogP contribution in [0.25, 0.3) is 16.4 Å². The molecule has 0 saturated carbocycles. The van der Waals surface area contributed by atoms with Crippen molar-refractivity contribution in [2.24, 2.45) is 0 Å². The molecule has 0 amide bonds. The van der Waals surface area contributed by atoms with Crippen LogP contribution in [0.3, 0.4) is 0 Å². The maximum Gasteiger partial charge on any atom is 0.372 e. The van der Waals surface area contributed by atoms with Crippen molar-refractivity contribution in [3.63, 3.8) is 0 Å². The minimum atomic E-state index is -0.383. The van der Waals surface area contributed by atoms with Crippen LogP contribution in [0, 0.1) is 10.1 Å². The second kappa shape index (κ2) is 5.90. The number of rotatable bonds is 4. The monoisotopic (exact) mass is 332 g/mol. The van der Waals surface area contributed by atoms with Gasteiger partial charge in [-0.25, -0.2) is 0 Å². The lowest BCUT2D eigenvalue weighted by Gasteiger charge is -2.16. The van der Waals surface area contributed by atoms with Gasteiger partial charge in [-0.15, -0.1) is 0 Å². The highest BCUT2D eigenvalue weighted by Gasteiger charge is 2.25. The number of imidazole rings is 1. The summed E-state index contributed by atoms with van der Waals surface area (Å²) in [5, 5.41) is 13.9. The molecule has 2 heterocycles. The zero-order valence-electron chi connectivity index (χ0n) is 13.7. The van der Waals surface area contributed by atoms with Crippen molar-refractivity contribution in [3.05, 3.63) is 82.5 Å². The van der Waals surface area contributed by atoms with E-state index in [2.05, 4.69) is 29.2 Å². The molecular formula is C19H16N4O2. The van der Waals surface area contributed by atoms with E-state index in [9.17, 15) is 10.1 Å². The first-order chi connectivity index (χ1) is 12.1. The van der Waals surface area contributed by atoms with Crippen molar-refractivity contribution in [1.82, 2.24) is 9.38 Å². The fourth-order valence-electron chi connectivity index (χ4n) is 3.08. The lowest BCUT2D eigenvalue weighted by Crippen LogP contribution is -2.18. The first kappa shape index (κ1) is 15.1. The number of nitro groups is 1. The van der Waals surface area contributed by atoms with Crippen LogP contribution >= 0.6 is 0 Å². The Balaban J connectivity index is 1.72. The summed E-state index contributed by atoms with van der Waals surface area (Å²) in [7, 11) is 1.82. The fourth-order valence-corrected chi connectivity index (χ4v) is 3.08. The molecule has 0 aliphatic rings. The van der Waals surface area contributed by atoms with E-state index in [1.165, 1.54) is 9.79 Å². The summed E-state index contributed by atoms with van der Waals surface area (Å²) >= 11 is 0. The summed E-state index contributed by atoms with van der Waals surface area (Å²) in [5.41, 5.74) is 1.64. The Morgan fingerprint density at radius 2 is 1.84 bits per heavy atom. The maximum atomic E-state index is 11.5. The van der Waals surface area contributed by atoms with Crippen molar-refractivity contribution in [2.45, 2.75) is 6.54 Å². The van der Waals surface area contributed by atoms with E-state index in [1.807, 2.05) is 36.2 Å². The largest absolute Gasteiger partial charge is 0.372 e. The third-order valence-corrected chi connectivity index (χ3v) is 4.26. The molecule has 4 rings (SSSR count). The Hall–Kier alpha value is -3.41. The van der Waals surface area contributed by atoms with Gasteiger partial charge in [0.25, 0.3) is 0 Å². The van der Waals surface area contributed by atoms with Gasteiger partial charge in [0.1, 0.15) is 0 Å². The van der Waals surface area contributed by atoms with Gasteiger partial charge in [-0.2, -0.15) is 9.38 Å². The van der Waals surface area contributed by atoms with Gasteiger partial charge in [0, 0.05) is 19.7 Å². The van der Waals surface area contributed by atoms with Crippen molar-refractivity contribution < 1.29 is 4.92 Å². The number of hydrogen-bond donors (Lipinski definition) is 0. The molecule has 0 bridgehead atoms. The highest BCUT2D eigenvalue weighted by atomic mass is 16.6. The quantitative estimate of drug-likeness (QED) is 0.418. The smallest absolute Gasteiger partial charge is 0.358 e. The van der Waals surface area contributed by atoms with Crippen LogP contribution in [0.15, 0.2) is 66.9 Å². The van der Waals surface area contributed by atoms with Gasteiger partial charge >= 0.3 is 5.82 Å². The standard InChI is InChI=1S/C19H16N4O2/c1-21(13-14-9-10-15-6-2-3-7-16(15)12-14)18-19(23(24)25)22-11-5-4-8-17(22)20-18/h2-12H,13H2,1H3. The number of benzene rings is 2. The van der Waals surface area contributed by atoms with Crippen LogP contribution < -0.4 is 4.90 Å². The van der Waals surface area contributed by atoms with E-state index in [-0.39, 0.29) is 10.7 Å². The molecule has 2 aromatic heterocycles. The Bertz CT molecular complexity index is 1090. The molecule has 4 aromatic rings. The summed E-state index contributed by atoms with van der Waals surface area (Å²) < 4.78 is 1.51. The number of hydrogen-bond acceptors (Lipinski definition) is 4. The van der Waals surface area contributed by atoms with Gasteiger partial charge in [0.2, 0.25) is 11.5 Å². The average Bonchev–Trinajstić information content (AvgIpc) is 3.01. The van der Waals surface area contributed by atoms with Crippen LogP contribution in [0.1, 0.15) is 5.56 Å². The predicted molar refractivity (Wildman–Crippen MR) is 97.9 cm³/mol. The third kappa shape index (κ3) is 2.67. The number of pyridine rings is 1. The normalized spacial score (nSPS) is 11.1. The Morgan fingerprint density at radius 1 is 1.08 bits per heavy atom. The molecule has 0 fully saturated rings. The number of anilines is 1. The second-order valence-electron chi connectivity index (χ2n) is 5.98. The molecule has 0 N–H and O–H groups in total. The first-order valence-electron chi connectivity index (χ1n) is 7.94. The van der Waals surface area contributed by atoms with Crippen LogP contribution in [0.4, 0.5) is 11.6 Å². The minimum Gasteiger partial charge on any atom is -0.358 e. The SMILES string of the molecule is CN(Cc1ccc2ccccc2c1)c1nc2ccccn2c1[N+](=O)[O-]. The van der Waals surface area contributed by atoms with Gasteiger partial charge in [-0.05, 0) is 33.4 Å². The average molecular weight is 332 g/mol. The molecular weight excluding hydrogens is 316 g/mol. The van der Waals surface area contributed by atoms with Gasteiger partial charge in [-0.1, -0.05) is 42.5 Å². The number of nitrogens with zero attached hydrogens (tertiary/aromatic N) is 4. The summed E-state index contributed by atoms with van der Waals surface area (Å²) in [6.07, 6.45) is 1.66. The van der Waals surface area contributed by atoms with E-state index in [0.29, 0.717) is 18.0 Å². The summed E-state index contributed by atoms with van der Waals surface area (Å²) in [6, 6.07) is 19.7. The van der Waals surface area contributed by atoms with E-state index in [1.54, 1.807) is 18.3 Å². The zero-order valence-corrected chi connectivity index (χ0v) is 13.7. The molecule has 0 atom stereocenters. The van der Waals surface area contributed by atoms with Crippen molar-refractivity contribution in [1.29, 1.82) is 0 Å². The highest BCUT2D eigenvalue weighted by molar-refractivity contribution is 5.83. The molecule has 0 aliphatic heterocycles. The highest BCUT2D eigenvalue weighted by Crippen LogP contribution is 2.29. The van der Waals surface area contributed by atoms with Crippen molar-refractivity contribution in [2.75, 3.05) is 11.9 Å². The summed E-state index contributed by atoms with van der Waals surface area (Å²) in [6.45, 7) is 0.537. The van der Waals surface area contributed by atoms with Gasteiger partial charge in [-0.3, -0.25) is 0 Å². The third-order valence-electron chi connectivity index (χ3n) is 4.26. The molecule has 2 aromatic carbocycles. The second-order valence-corrected chi connectivity index (χ2v) is 5.98. The van der Waals surface area contributed by atoms with E-state index >= 15 is 0 Å². The topological polar surface area (TPSA) is 63.7 Å². The minimum absolute atomic E-state index is 0.0149. The lowest BCUT2D eigenvalue weighted by molar-refractivity contribution is -0.389. The molecule has 6 nitrogen and oxygen atoms in total.